The topological polar surface area (TPSA) is 42.1 Å². The van der Waals surface area contributed by atoms with Gasteiger partial charge < -0.3 is 20.0 Å². The van der Waals surface area contributed by atoms with Crippen LogP contribution in [0.3, 0.4) is 0 Å². The predicted octanol–water partition coefficient (Wildman–Crippen LogP) is 7.32. The number of amides is 2. The Morgan fingerprint density at radius 3 is 1.75 bits per heavy atom. The average Bonchev–Trinajstić information content (AvgIpc) is 2.96. The molecule has 5 rings (SSSR count). The quantitative estimate of drug-likeness (QED) is 0.356. The molecule has 2 amide bonds. The van der Waals surface area contributed by atoms with Crippen LogP contribution in [0.15, 0.2) is 36.4 Å². The van der Waals surface area contributed by atoms with Crippen molar-refractivity contribution in [2.75, 3.05) is 68.7 Å². The van der Waals surface area contributed by atoms with Gasteiger partial charge in [-0.05, 0) is 68.8 Å². The molecule has 11 heteroatoms. The number of piperazine rings is 2. The molecule has 0 bridgehead atoms. The highest BCUT2D eigenvalue weighted by molar-refractivity contribution is 6.44. The van der Waals surface area contributed by atoms with Crippen LogP contribution in [0.5, 0.6) is 0 Å². The number of nitrogens with zero attached hydrogens (tertiary/aromatic N) is 4. The normalized spacial score (nSPS) is 22.1. The van der Waals surface area contributed by atoms with E-state index in [9.17, 15) is 4.79 Å². The Labute approximate surface area is 264 Å². The van der Waals surface area contributed by atoms with Gasteiger partial charge in [0.2, 0.25) is 0 Å². The van der Waals surface area contributed by atoms with Crippen molar-refractivity contribution in [3.05, 3.63) is 56.5 Å². The highest BCUT2D eigenvalue weighted by Gasteiger charge is 2.28. The van der Waals surface area contributed by atoms with Crippen molar-refractivity contribution in [2.24, 2.45) is 5.92 Å². The fraction of sp³-hybridized carbons (Fsp3) is 0.552. The summed E-state index contributed by atoms with van der Waals surface area (Å²) in [5.74, 6) is 0.740. The van der Waals surface area contributed by atoms with Gasteiger partial charge in [0.05, 0.1) is 31.5 Å². The molecule has 0 spiro atoms. The van der Waals surface area contributed by atoms with Crippen LogP contribution in [-0.4, -0.2) is 80.8 Å². The maximum absolute atomic E-state index is 12.9. The first-order chi connectivity index (χ1) is 18.9. The molecule has 0 radical (unpaired) electrons. The first-order valence-electron chi connectivity index (χ1n) is 14.0. The molecule has 2 aliphatic heterocycles. The Morgan fingerprint density at radius 1 is 0.725 bits per heavy atom. The third kappa shape index (κ3) is 7.76. The summed E-state index contributed by atoms with van der Waals surface area (Å²) in [5.41, 5.74) is 1.98. The van der Waals surface area contributed by atoms with Crippen LogP contribution < -0.4 is 15.1 Å². The van der Waals surface area contributed by atoms with E-state index < -0.39 is 0 Å². The summed E-state index contributed by atoms with van der Waals surface area (Å²) in [6.07, 6.45) is 5.73. The Kier molecular flexibility index (Phi) is 11.7. The molecule has 1 saturated carbocycles. The summed E-state index contributed by atoms with van der Waals surface area (Å²) in [6, 6.07) is 11.9. The highest BCUT2D eigenvalue weighted by atomic mass is 35.5. The molecule has 0 unspecified atom stereocenters. The molecule has 1 N–H and O–H groups in total. The van der Waals surface area contributed by atoms with Crippen LogP contribution in [0.2, 0.25) is 20.1 Å². The Bertz CT molecular complexity index is 1130. The smallest absolute Gasteiger partial charge is 0.317 e. The first-order valence-corrected chi connectivity index (χ1v) is 15.6. The maximum atomic E-state index is 12.9. The Hall–Kier alpha value is -1.28. The minimum atomic E-state index is 0. The van der Waals surface area contributed by atoms with E-state index in [0.717, 1.165) is 75.9 Å². The van der Waals surface area contributed by atoms with Crippen LogP contribution in [0.25, 0.3) is 0 Å². The minimum Gasteiger partial charge on any atom is -0.368 e. The molecule has 0 atom stereocenters. The second-order valence-corrected chi connectivity index (χ2v) is 12.5. The lowest BCUT2D eigenvalue weighted by Crippen LogP contribution is -2.54. The van der Waals surface area contributed by atoms with Crippen molar-refractivity contribution in [1.29, 1.82) is 0 Å². The molecule has 40 heavy (non-hydrogen) atoms. The van der Waals surface area contributed by atoms with Crippen molar-refractivity contribution >= 4 is 76.2 Å². The number of rotatable bonds is 6. The van der Waals surface area contributed by atoms with E-state index in [1.54, 1.807) is 6.07 Å². The lowest BCUT2D eigenvalue weighted by molar-refractivity contribution is 0.179. The van der Waals surface area contributed by atoms with Gasteiger partial charge in [-0.25, -0.2) is 4.79 Å². The van der Waals surface area contributed by atoms with Gasteiger partial charge in [-0.2, -0.15) is 0 Å². The zero-order valence-electron chi connectivity index (χ0n) is 22.6. The number of carbonyl (C=O) groups is 1. The second-order valence-electron chi connectivity index (χ2n) is 10.9. The monoisotopic (exact) mass is 647 g/mol. The van der Waals surface area contributed by atoms with E-state index in [-0.39, 0.29) is 24.5 Å². The first kappa shape index (κ1) is 31.7. The molecular formula is C29H38Cl5N5O. The van der Waals surface area contributed by atoms with Gasteiger partial charge in [-0.3, -0.25) is 4.90 Å². The molecule has 1 aliphatic carbocycles. The van der Waals surface area contributed by atoms with Crippen LogP contribution in [0, 0.1) is 5.92 Å². The fourth-order valence-electron chi connectivity index (χ4n) is 6.06. The Morgan fingerprint density at radius 2 is 1.23 bits per heavy atom. The molecule has 2 saturated heterocycles. The van der Waals surface area contributed by atoms with Crippen molar-refractivity contribution < 1.29 is 4.79 Å². The SMILES string of the molecule is Cl.O=C(NC1CCC(CCN2CCN(c3cccc(Cl)c3Cl)CC2)CC1)N1CCN(c2cccc(Cl)c2Cl)CC1. The van der Waals surface area contributed by atoms with Crippen molar-refractivity contribution in [3.63, 3.8) is 0 Å². The number of halogens is 5. The van der Waals surface area contributed by atoms with Crippen LogP contribution >= 0.6 is 58.8 Å². The number of carbonyl (C=O) groups excluding carboxylic acids is 1. The summed E-state index contributed by atoms with van der Waals surface area (Å²) in [6.45, 7) is 8.04. The molecule has 3 fully saturated rings. The highest BCUT2D eigenvalue weighted by Crippen LogP contribution is 2.34. The minimum absolute atomic E-state index is 0. The molecule has 0 aromatic heterocycles. The lowest BCUT2D eigenvalue weighted by atomic mass is 9.84. The molecule has 3 aliphatic rings. The molecule has 220 valence electrons. The summed E-state index contributed by atoms with van der Waals surface area (Å²) >= 11 is 25.2. The van der Waals surface area contributed by atoms with Gasteiger partial charge in [-0.1, -0.05) is 58.5 Å². The van der Waals surface area contributed by atoms with Gasteiger partial charge in [0.15, 0.2) is 0 Å². The van der Waals surface area contributed by atoms with Gasteiger partial charge in [0, 0.05) is 58.4 Å². The lowest BCUT2D eigenvalue weighted by Gasteiger charge is -2.38. The largest absolute Gasteiger partial charge is 0.368 e. The van der Waals surface area contributed by atoms with Crippen LogP contribution in [0.4, 0.5) is 16.2 Å². The van der Waals surface area contributed by atoms with Gasteiger partial charge in [0.1, 0.15) is 0 Å². The summed E-state index contributed by atoms with van der Waals surface area (Å²) in [7, 11) is 0. The third-order valence-electron chi connectivity index (χ3n) is 8.51. The van der Waals surface area contributed by atoms with E-state index in [2.05, 4.69) is 26.1 Å². The van der Waals surface area contributed by atoms with Crippen LogP contribution in [-0.2, 0) is 0 Å². The standard InChI is InChI=1S/C29H37Cl4N5O.ClH/c30-23-3-1-5-25(27(23)32)36-15-13-35(14-16-36)12-11-21-7-9-22(10-8-21)34-29(39)38-19-17-37(18-20-38)26-6-2-4-24(31)28(26)33;/h1-6,21-22H,7-20H2,(H,34,39);1H. The number of benzene rings is 2. The molecule has 6 nitrogen and oxygen atoms in total. The summed E-state index contributed by atoms with van der Waals surface area (Å²) in [4.78, 5) is 22.0. The zero-order valence-corrected chi connectivity index (χ0v) is 26.5. The van der Waals surface area contributed by atoms with Gasteiger partial charge in [0.25, 0.3) is 0 Å². The van der Waals surface area contributed by atoms with Crippen LogP contribution in [0.1, 0.15) is 32.1 Å². The molecule has 2 heterocycles. The zero-order chi connectivity index (χ0) is 27.4. The van der Waals surface area contributed by atoms with E-state index in [1.807, 2.05) is 29.2 Å². The Balaban J connectivity index is 0.00000370. The average molecular weight is 650 g/mol. The fourth-order valence-corrected chi connectivity index (χ4v) is 6.89. The molecule has 2 aromatic carbocycles. The molecule has 2 aromatic rings. The van der Waals surface area contributed by atoms with E-state index >= 15 is 0 Å². The van der Waals surface area contributed by atoms with Gasteiger partial charge >= 0.3 is 6.03 Å². The number of nitrogens with one attached hydrogen (secondary N) is 1. The van der Waals surface area contributed by atoms with Crippen molar-refractivity contribution in [2.45, 2.75) is 38.1 Å². The number of urea groups is 1. The molecular weight excluding hydrogens is 612 g/mol. The van der Waals surface area contributed by atoms with Gasteiger partial charge in [-0.15, -0.1) is 12.4 Å². The number of hydrogen-bond acceptors (Lipinski definition) is 4. The summed E-state index contributed by atoms with van der Waals surface area (Å²) in [5, 5.41) is 5.72. The number of hydrogen-bond donors (Lipinski definition) is 1. The third-order valence-corrected chi connectivity index (χ3v) is 10.1. The van der Waals surface area contributed by atoms with E-state index in [4.69, 9.17) is 46.4 Å². The van der Waals surface area contributed by atoms with E-state index in [1.165, 1.54) is 19.3 Å². The van der Waals surface area contributed by atoms with Crippen molar-refractivity contribution in [1.82, 2.24) is 15.1 Å². The maximum Gasteiger partial charge on any atom is 0.317 e. The predicted molar refractivity (Wildman–Crippen MR) is 172 cm³/mol. The second kappa shape index (κ2) is 14.8. The number of anilines is 2. The van der Waals surface area contributed by atoms with Crippen molar-refractivity contribution in [3.8, 4) is 0 Å². The van der Waals surface area contributed by atoms with E-state index in [0.29, 0.717) is 33.2 Å². The summed E-state index contributed by atoms with van der Waals surface area (Å²) < 4.78 is 0.